The number of ether oxygens (including phenoxy) is 1. The van der Waals surface area contributed by atoms with Crippen molar-refractivity contribution in [2.75, 3.05) is 6.61 Å². The molecule has 8 heteroatoms. The van der Waals surface area contributed by atoms with Crippen molar-refractivity contribution in [3.63, 3.8) is 0 Å². The van der Waals surface area contributed by atoms with Gasteiger partial charge in [-0.3, -0.25) is 4.79 Å². The second-order valence-corrected chi connectivity index (χ2v) is 7.47. The fourth-order valence-electron chi connectivity index (χ4n) is 2.98. The van der Waals surface area contributed by atoms with E-state index in [0.29, 0.717) is 16.4 Å². The molecular weight excluding hydrogens is 392 g/mol. The topological polar surface area (TPSA) is 97.0 Å². The molecular formula is C21H21ClN4O3. The molecule has 0 radical (unpaired) electrons. The van der Waals surface area contributed by atoms with E-state index >= 15 is 0 Å². The lowest BCUT2D eigenvalue weighted by Gasteiger charge is -2.22. The molecule has 0 bridgehead atoms. The molecule has 1 saturated carbocycles. The van der Waals surface area contributed by atoms with E-state index in [0.717, 1.165) is 18.5 Å². The van der Waals surface area contributed by atoms with Crippen LogP contribution in [0.5, 0.6) is 0 Å². The zero-order valence-corrected chi connectivity index (χ0v) is 16.9. The Bertz CT molecular complexity index is 989. The first kappa shape index (κ1) is 20.6. The Balaban J connectivity index is 1.59. The van der Waals surface area contributed by atoms with Gasteiger partial charge >= 0.3 is 5.97 Å². The van der Waals surface area contributed by atoms with Gasteiger partial charge in [0.25, 0.3) is 5.91 Å². The molecule has 1 aromatic heterocycles. The number of hydrogen-bond donors (Lipinski definition) is 1. The van der Waals surface area contributed by atoms with Gasteiger partial charge in [-0.25, -0.2) is 9.48 Å². The summed E-state index contributed by atoms with van der Waals surface area (Å²) in [7, 11) is 0. The normalized spacial score (nSPS) is 15.5. The quantitative estimate of drug-likeness (QED) is 0.556. The van der Waals surface area contributed by atoms with Gasteiger partial charge in [0, 0.05) is 11.6 Å². The van der Waals surface area contributed by atoms with E-state index in [-0.39, 0.29) is 5.92 Å². The number of hydrogen-bond acceptors (Lipinski definition) is 5. The van der Waals surface area contributed by atoms with Crippen molar-refractivity contribution >= 4 is 29.6 Å². The summed E-state index contributed by atoms with van der Waals surface area (Å²) in [6, 6.07) is 11.5. The van der Waals surface area contributed by atoms with Gasteiger partial charge in [0.2, 0.25) is 0 Å². The van der Waals surface area contributed by atoms with Crippen molar-refractivity contribution in [3.05, 3.63) is 52.8 Å². The number of para-hydroxylation sites is 1. The number of rotatable bonds is 7. The van der Waals surface area contributed by atoms with Crippen molar-refractivity contribution in [1.29, 1.82) is 5.26 Å². The summed E-state index contributed by atoms with van der Waals surface area (Å²) in [5.74, 6) is -1.04. The number of nitriles is 1. The summed E-state index contributed by atoms with van der Waals surface area (Å²) >= 11 is 6.40. The maximum absolute atomic E-state index is 12.0. The molecule has 1 N–H and O–H groups in total. The Kier molecular flexibility index (Phi) is 6.04. The third-order valence-corrected chi connectivity index (χ3v) is 5.17. The highest BCUT2D eigenvalue weighted by molar-refractivity contribution is 6.31. The van der Waals surface area contributed by atoms with Crippen LogP contribution in [-0.2, 0) is 14.3 Å². The fraction of sp³-hybridized carbons (Fsp3) is 0.333. The molecule has 1 fully saturated rings. The molecule has 0 saturated heterocycles. The molecule has 1 aromatic carbocycles. The number of esters is 1. The lowest BCUT2D eigenvalue weighted by Crippen LogP contribution is -2.48. The molecule has 2 aromatic rings. The number of carbonyl (C=O) groups is 2. The predicted octanol–water partition coefficient (Wildman–Crippen LogP) is 3.20. The number of carbonyl (C=O) groups excluding carboxylic acids is 2. The van der Waals surface area contributed by atoms with Crippen molar-refractivity contribution < 1.29 is 14.3 Å². The minimum atomic E-state index is -0.921. The van der Waals surface area contributed by atoms with Crippen LogP contribution in [0.15, 0.2) is 36.4 Å². The number of halogens is 1. The molecule has 1 amide bonds. The lowest BCUT2D eigenvalue weighted by molar-refractivity contribution is -0.144. The Labute approximate surface area is 173 Å². The molecule has 1 atom stereocenters. The van der Waals surface area contributed by atoms with Crippen LogP contribution in [0.1, 0.15) is 31.0 Å². The largest absolute Gasteiger partial charge is 0.452 e. The first-order chi connectivity index (χ1) is 13.8. The van der Waals surface area contributed by atoms with Crippen LogP contribution in [0.2, 0.25) is 5.15 Å². The monoisotopic (exact) mass is 412 g/mol. The minimum absolute atomic E-state index is 0.151. The number of aromatic nitrogens is 2. The number of benzene rings is 1. The zero-order valence-electron chi connectivity index (χ0n) is 16.2. The van der Waals surface area contributed by atoms with Gasteiger partial charge in [-0.2, -0.15) is 10.4 Å². The smallest absolute Gasteiger partial charge is 0.331 e. The summed E-state index contributed by atoms with van der Waals surface area (Å²) in [5, 5.41) is 16.7. The minimum Gasteiger partial charge on any atom is -0.452 e. The first-order valence-corrected chi connectivity index (χ1v) is 9.59. The molecule has 0 unspecified atom stereocenters. The van der Waals surface area contributed by atoms with Gasteiger partial charge in [0.05, 0.1) is 17.5 Å². The molecule has 1 aliphatic rings. The third kappa shape index (κ3) is 4.84. The van der Waals surface area contributed by atoms with Gasteiger partial charge in [-0.05, 0) is 50.8 Å². The average molecular weight is 413 g/mol. The van der Waals surface area contributed by atoms with Crippen LogP contribution >= 0.6 is 11.6 Å². The highest BCUT2D eigenvalue weighted by atomic mass is 35.5. The highest BCUT2D eigenvalue weighted by Crippen LogP contribution is 2.39. The van der Waals surface area contributed by atoms with Gasteiger partial charge in [0.15, 0.2) is 6.61 Å². The maximum Gasteiger partial charge on any atom is 0.331 e. The molecule has 3 rings (SSSR count). The summed E-state index contributed by atoms with van der Waals surface area (Å²) in [6.07, 6.45) is 4.52. The van der Waals surface area contributed by atoms with Crippen molar-refractivity contribution in [2.24, 2.45) is 5.92 Å². The van der Waals surface area contributed by atoms with Gasteiger partial charge < -0.3 is 10.1 Å². The van der Waals surface area contributed by atoms with Crippen LogP contribution in [0.25, 0.3) is 11.8 Å². The van der Waals surface area contributed by atoms with Crippen molar-refractivity contribution in [1.82, 2.24) is 15.1 Å². The zero-order chi connectivity index (χ0) is 21.0. The van der Waals surface area contributed by atoms with Gasteiger partial charge in [-0.1, -0.05) is 29.8 Å². The fourth-order valence-corrected chi connectivity index (χ4v) is 3.32. The summed E-state index contributed by atoms with van der Waals surface area (Å²) < 4.78 is 6.55. The molecule has 29 heavy (non-hydrogen) atoms. The Morgan fingerprint density at radius 1 is 1.41 bits per heavy atom. The number of aryl methyl sites for hydroxylation is 1. The summed E-state index contributed by atoms with van der Waals surface area (Å²) in [6.45, 7) is 3.01. The molecule has 1 aliphatic carbocycles. The van der Waals surface area contributed by atoms with E-state index in [2.05, 4.69) is 16.5 Å². The molecule has 0 aliphatic heterocycles. The Hall–Kier alpha value is -3.11. The average Bonchev–Trinajstić information content (AvgIpc) is 3.53. The van der Waals surface area contributed by atoms with Gasteiger partial charge in [-0.15, -0.1) is 0 Å². The SMILES string of the molecule is Cc1nn(-c2ccccc2)c(Cl)c1/C=C/C(=O)OCC(=O)N[C@](C)(C#N)C1CC1. The number of amides is 1. The van der Waals surface area contributed by atoms with E-state index in [9.17, 15) is 14.9 Å². The molecule has 1 heterocycles. The van der Waals surface area contributed by atoms with E-state index in [1.165, 1.54) is 12.2 Å². The second kappa shape index (κ2) is 8.50. The van der Waals surface area contributed by atoms with E-state index in [1.807, 2.05) is 30.3 Å². The van der Waals surface area contributed by atoms with Crippen molar-refractivity contribution in [3.8, 4) is 11.8 Å². The van der Waals surface area contributed by atoms with Crippen LogP contribution in [0, 0.1) is 24.2 Å². The summed E-state index contributed by atoms with van der Waals surface area (Å²) in [4.78, 5) is 24.0. The third-order valence-electron chi connectivity index (χ3n) is 4.81. The first-order valence-electron chi connectivity index (χ1n) is 9.21. The van der Waals surface area contributed by atoms with E-state index in [4.69, 9.17) is 16.3 Å². The van der Waals surface area contributed by atoms with E-state index < -0.39 is 24.0 Å². The Morgan fingerprint density at radius 2 is 2.10 bits per heavy atom. The van der Waals surface area contributed by atoms with Crippen LogP contribution in [0.4, 0.5) is 0 Å². The number of nitrogens with one attached hydrogen (secondary N) is 1. The molecule has 7 nitrogen and oxygen atoms in total. The molecule has 0 spiro atoms. The predicted molar refractivity (Wildman–Crippen MR) is 108 cm³/mol. The Morgan fingerprint density at radius 3 is 2.72 bits per heavy atom. The van der Waals surface area contributed by atoms with Crippen LogP contribution in [0.3, 0.4) is 0 Å². The highest BCUT2D eigenvalue weighted by Gasteiger charge is 2.43. The van der Waals surface area contributed by atoms with Crippen LogP contribution < -0.4 is 5.32 Å². The van der Waals surface area contributed by atoms with Gasteiger partial charge in [0.1, 0.15) is 10.7 Å². The number of nitrogens with zero attached hydrogens (tertiary/aromatic N) is 3. The standard InChI is InChI=1S/C21H21ClN4O3/c1-14-17(20(22)26(25-14)16-6-4-3-5-7-16)10-11-19(28)29-12-18(27)24-21(2,13-23)15-8-9-15/h3-7,10-11,15H,8-9,12H2,1-2H3,(H,24,27)/b11-10+/t21-/m1/s1. The van der Waals surface area contributed by atoms with E-state index in [1.54, 1.807) is 18.5 Å². The second-order valence-electron chi connectivity index (χ2n) is 7.11. The maximum atomic E-state index is 12.0. The van der Waals surface area contributed by atoms with Crippen LogP contribution in [-0.4, -0.2) is 33.8 Å². The molecule has 150 valence electrons. The van der Waals surface area contributed by atoms with Crippen molar-refractivity contribution in [2.45, 2.75) is 32.2 Å². The lowest BCUT2D eigenvalue weighted by atomic mass is 9.98. The summed E-state index contributed by atoms with van der Waals surface area (Å²) in [5.41, 5.74) is 1.11.